The predicted octanol–water partition coefficient (Wildman–Crippen LogP) is 2.83. The summed E-state index contributed by atoms with van der Waals surface area (Å²) in [5.41, 5.74) is 3.66. The zero-order valence-corrected chi connectivity index (χ0v) is 15.9. The minimum atomic E-state index is -1.15. The van der Waals surface area contributed by atoms with Crippen molar-refractivity contribution >= 4 is 41.3 Å². The molecular formula is C19H18ClN3O5. The van der Waals surface area contributed by atoms with Crippen LogP contribution in [0.2, 0.25) is 5.02 Å². The fourth-order valence-corrected chi connectivity index (χ4v) is 2.33. The number of aromatic carboxylic acids is 1. The lowest BCUT2D eigenvalue weighted by Crippen LogP contribution is -2.32. The highest BCUT2D eigenvalue weighted by atomic mass is 35.5. The number of carboxylic acids is 1. The summed E-state index contributed by atoms with van der Waals surface area (Å²) >= 11 is 5.97. The number of carbonyl (C=O) groups excluding carboxylic acids is 2. The average molecular weight is 404 g/mol. The first-order valence-corrected chi connectivity index (χ1v) is 8.60. The van der Waals surface area contributed by atoms with Crippen LogP contribution in [-0.4, -0.2) is 35.7 Å². The Morgan fingerprint density at radius 3 is 2.57 bits per heavy atom. The van der Waals surface area contributed by atoms with Crippen LogP contribution in [-0.2, 0) is 9.59 Å². The van der Waals surface area contributed by atoms with Crippen molar-refractivity contribution < 1.29 is 24.2 Å². The van der Waals surface area contributed by atoms with Crippen molar-refractivity contribution in [3.05, 3.63) is 58.1 Å². The highest BCUT2D eigenvalue weighted by Gasteiger charge is 2.14. The number of carbonyl (C=O) groups is 3. The highest BCUT2D eigenvalue weighted by Crippen LogP contribution is 2.20. The van der Waals surface area contributed by atoms with Crippen LogP contribution >= 0.6 is 11.6 Å². The molecule has 8 nitrogen and oxygen atoms in total. The van der Waals surface area contributed by atoms with Gasteiger partial charge in [-0.15, -0.1) is 0 Å². The van der Waals surface area contributed by atoms with E-state index in [0.717, 1.165) is 5.56 Å². The first-order chi connectivity index (χ1) is 13.3. The summed E-state index contributed by atoms with van der Waals surface area (Å²) in [6.07, 6.45) is 1.22. The van der Waals surface area contributed by atoms with E-state index in [9.17, 15) is 19.5 Å². The molecule has 0 bridgehead atoms. The van der Waals surface area contributed by atoms with Crippen LogP contribution in [0.15, 0.2) is 41.5 Å². The van der Waals surface area contributed by atoms with E-state index in [4.69, 9.17) is 16.3 Å². The van der Waals surface area contributed by atoms with E-state index in [0.29, 0.717) is 22.9 Å². The van der Waals surface area contributed by atoms with E-state index in [1.807, 2.05) is 6.92 Å². The van der Waals surface area contributed by atoms with Gasteiger partial charge in [0.25, 0.3) is 0 Å². The van der Waals surface area contributed by atoms with E-state index >= 15 is 0 Å². The van der Waals surface area contributed by atoms with Gasteiger partial charge in [-0.25, -0.2) is 10.2 Å². The average Bonchev–Trinajstić information content (AvgIpc) is 2.65. The van der Waals surface area contributed by atoms with Gasteiger partial charge in [0.15, 0.2) is 0 Å². The molecule has 0 aliphatic heterocycles. The van der Waals surface area contributed by atoms with Crippen molar-refractivity contribution in [3.8, 4) is 5.75 Å². The number of hydrogen-bond acceptors (Lipinski definition) is 5. The molecule has 146 valence electrons. The predicted molar refractivity (Wildman–Crippen MR) is 105 cm³/mol. The molecular weight excluding hydrogens is 386 g/mol. The lowest BCUT2D eigenvalue weighted by Gasteiger charge is -2.07. The molecule has 0 saturated carbocycles. The van der Waals surface area contributed by atoms with Gasteiger partial charge in [0.05, 0.1) is 12.8 Å². The maximum Gasteiger partial charge on any atom is 0.339 e. The molecule has 9 heteroatoms. The Morgan fingerprint density at radius 2 is 1.93 bits per heavy atom. The molecule has 0 atom stereocenters. The molecule has 28 heavy (non-hydrogen) atoms. The fraction of sp³-hybridized carbons (Fsp3) is 0.158. The van der Waals surface area contributed by atoms with E-state index in [-0.39, 0.29) is 11.3 Å². The van der Waals surface area contributed by atoms with Crippen LogP contribution in [0.4, 0.5) is 5.69 Å². The number of aryl methyl sites for hydroxylation is 1. The molecule has 0 heterocycles. The second-order valence-corrected chi connectivity index (χ2v) is 6.02. The number of hydrazone groups is 1. The van der Waals surface area contributed by atoms with Gasteiger partial charge in [0.1, 0.15) is 11.3 Å². The molecule has 0 saturated heterocycles. The first kappa shape index (κ1) is 20.9. The second kappa shape index (κ2) is 9.52. The van der Waals surface area contributed by atoms with Crippen LogP contribution in [0.1, 0.15) is 28.4 Å². The maximum absolute atomic E-state index is 11.9. The SMILES string of the molecule is CCOc1ccc(/C=N\NC(=O)C(=O)Nc2ccc(C)c(Cl)c2)cc1C(=O)O. The Hall–Kier alpha value is -3.39. The Morgan fingerprint density at radius 1 is 1.18 bits per heavy atom. The number of halogens is 1. The van der Waals surface area contributed by atoms with E-state index < -0.39 is 17.8 Å². The fourth-order valence-electron chi connectivity index (χ4n) is 2.15. The zero-order chi connectivity index (χ0) is 20.7. The molecule has 0 aliphatic carbocycles. The van der Waals surface area contributed by atoms with Gasteiger partial charge in [0.2, 0.25) is 0 Å². The molecule has 0 spiro atoms. The lowest BCUT2D eigenvalue weighted by atomic mass is 10.1. The summed E-state index contributed by atoms with van der Waals surface area (Å²) < 4.78 is 5.24. The third kappa shape index (κ3) is 5.55. The largest absolute Gasteiger partial charge is 0.493 e. The number of nitrogens with one attached hydrogen (secondary N) is 2. The quantitative estimate of drug-likeness (QED) is 0.389. The van der Waals surface area contributed by atoms with E-state index in [2.05, 4.69) is 15.8 Å². The summed E-state index contributed by atoms with van der Waals surface area (Å²) in [6.45, 7) is 3.88. The van der Waals surface area contributed by atoms with Crippen LogP contribution in [0.3, 0.4) is 0 Å². The highest BCUT2D eigenvalue weighted by molar-refractivity contribution is 6.39. The summed E-state index contributed by atoms with van der Waals surface area (Å²) in [5, 5.41) is 15.7. The number of hydrogen-bond donors (Lipinski definition) is 3. The number of anilines is 1. The molecule has 0 radical (unpaired) electrons. The van der Waals surface area contributed by atoms with Crippen molar-refractivity contribution in [2.24, 2.45) is 5.10 Å². The van der Waals surface area contributed by atoms with Crippen LogP contribution in [0.25, 0.3) is 0 Å². The van der Waals surface area contributed by atoms with Crippen LogP contribution in [0, 0.1) is 6.92 Å². The minimum absolute atomic E-state index is 0.0360. The summed E-state index contributed by atoms with van der Waals surface area (Å²) in [4.78, 5) is 35.0. The normalized spacial score (nSPS) is 10.5. The van der Waals surface area contributed by atoms with Gasteiger partial charge in [0, 0.05) is 10.7 Å². The number of carboxylic acid groups (broad SMARTS) is 1. The molecule has 0 aromatic heterocycles. The molecule has 2 aromatic carbocycles. The van der Waals surface area contributed by atoms with Gasteiger partial charge in [-0.05, 0) is 55.3 Å². The summed E-state index contributed by atoms with van der Waals surface area (Å²) in [7, 11) is 0. The Kier molecular flexibility index (Phi) is 7.11. The standard InChI is InChI=1S/C19H18ClN3O5/c1-3-28-16-7-5-12(8-14(16)19(26)27)10-21-23-18(25)17(24)22-13-6-4-11(2)15(20)9-13/h4-10H,3H2,1-2H3,(H,22,24)(H,23,25)(H,26,27)/b21-10-. The van der Waals surface area contributed by atoms with Crippen molar-refractivity contribution in [3.63, 3.8) is 0 Å². The van der Waals surface area contributed by atoms with E-state index in [1.54, 1.807) is 25.1 Å². The number of ether oxygens (including phenoxy) is 1. The molecule has 2 aromatic rings. The zero-order valence-electron chi connectivity index (χ0n) is 15.2. The van der Waals surface area contributed by atoms with Crippen LogP contribution < -0.4 is 15.5 Å². The Labute approximate surface area is 166 Å². The maximum atomic E-state index is 11.9. The van der Waals surface area contributed by atoms with Gasteiger partial charge >= 0.3 is 17.8 Å². The number of rotatable bonds is 6. The molecule has 3 N–H and O–H groups in total. The van der Waals surface area contributed by atoms with Gasteiger partial charge < -0.3 is 15.2 Å². The molecule has 2 rings (SSSR count). The number of benzene rings is 2. The smallest absolute Gasteiger partial charge is 0.339 e. The molecule has 2 amide bonds. The monoisotopic (exact) mass is 403 g/mol. The van der Waals surface area contributed by atoms with Crippen molar-refractivity contribution in [2.45, 2.75) is 13.8 Å². The molecule has 0 fully saturated rings. The van der Waals surface area contributed by atoms with Gasteiger partial charge in [-0.3, -0.25) is 9.59 Å². The van der Waals surface area contributed by atoms with E-state index in [1.165, 1.54) is 24.4 Å². The molecule has 0 unspecified atom stereocenters. The van der Waals surface area contributed by atoms with Crippen LogP contribution in [0.5, 0.6) is 5.75 Å². The topological polar surface area (TPSA) is 117 Å². The summed E-state index contributed by atoms with van der Waals surface area (Å²) in [5.74, 6) is -2.83. The number of nitrogens with zero attached hydrogens (tertiary/aromatic N) is 1. The van der Waals surface area contributed by atoms with Gasteiger partial charge in [-0.2, -0.15) is 5.10 Å². The third-order valence-electron chi connectivity index (χ3n) is 3.55. The van der Waals surface area contributed by atoms with Gasteiger partial charge in [-0.1, -0.05) is 17.7 Å². The number of amides is 2. The summed E-state index contributed by atoms with van der Waals surface area (Å²) in [6, 6.07) is 9.25. The Bertz CT molecular complexity index is 943. The Balaban J connectivity index is 2.00. The third-order valence-corrected chi connectivity index (χ3v) is 3.96. The first-order valence-electron chi connectivity index (χ1n) is 8.22. The second-order valence-electron chi connectivity index (χ2n) is 5.61. The minimum Gasteiger partial charge on any atom is -0.493 e. The van der Waals surface area contributed by atoms with Crippen molar-refractivity contribution in [1.29, 1.82) is 0 Å². The lowest BCUT2D eigenvalue weighted by molar-refractivity contribution is -0.136. The van der Waals surface area contributed by atoms with Crippen molar-refractivity contribution in [2.75, 3.05) is 11.9 Å². The van der Waals surface area contributed by atoms with Crippen molar-refractivity contribution in [1.82, 2.24) is 5.43 Å². The molecule has 0 aliphatic rings.